The third kappa shape index (κ3) is 7.73. The fraction of sp³-hybridized carbons (Fsp3) is 0.320. The number of hydrogen-bond donors (Lipinski definition) is 7. The summed E-state index contributed by atoms with van der Waals surface area (Å²) in [5, 5.41) is 58.0. The maximum absolute atomic E-state index is 12.6. The number of aromatic nitrogens is 4. The summed E-state index contributed by atoms with van der Waals surface area (Å²) in [4.78, 5) is 36.4. The number of rotatable bonds is 12. The summed E-state index contributed by atoms with van der Waals surface area (Å²) in [6, 6.07) is 8.25. The van der Waals surface area contributed by atoms with E-state index in [-0.39, 0.29) is 42.2 Å². The molecule has 2 heterocycles. The molecule has 1 saturated carbocycles. The number of para-hydroxylation sites is 1. The molecule has 0 saturated heterocycles. The summed E-state index contributed by atoms with van der Waals surface area (Å²) in [5.74, 6) is -1.53. The number of ether oxygens (including phenoxy) is 1. The standard InChI is InChI=1S/C25H27N9O7/c1-41-22-16(15-12-28-34(13-15)10-9-27-20(35)7-8-26)3-2-4-17(22)29-18-11-19(30-23(36)14-5-6-14)32-33-21(18)24(37)31-25(38,39)40/h2-4,11-14,38-40H,5-7,9-10H2,1H3,(H,27,35)(H,31,37)(H2,29,30,32,36). The Balaban J connectivity index is 1.61. The maximum atomic E-state index is 12.6. The van der Waals surface area contributed by atoms with Crippen LogP contribution in [0.5, 0.6) is 5.75 Å². The first kappa shape index (κ1) is 28.9. The van der Waals surface area contributed by atoms with E-state index in [1.165, 1.54) is 13.2 Å². The summed E-state index contributed by atoms with van der Waals surface area (Å²) >= 11 is 0. The monoisotopic (exact) mass is 565 g/mol. The summed E-state index contributed by atoms with van der Waals surface area (Å²) in [6.07, 6.45) is 1.11. The summed E-state index contributed by atoms with van der Waals surface area (Å²) in [6.45, 7) is 0.632. The average molecular weight is 566 g/mol. The lowest BCUT2D eigenvalue weighted by molar-refractivity contribution is -0.323. The van der Waals surface area contributed by atoms with E-state index in [1.54, 1.807) is 46.7 Å². The molecular formula is C25H27N9O7. The Hall–Kier alpha value is -5.11. The van der Waals surface area contributed by atoms with Gasteiger partial charge in [0, 0.05) is 35.9 Å². The molecule has 4 rings (SSSR count). The number of benzene rings is 1. The van der Waals surface area contributed by atoms with Gasteiger partial charge in [0.25, 0.3) is 5.91 Å². The van der Waals surface area contributed by atoms with E-state index in [9.17, 15) is 29.7 Å². The van der Waals surface area contributed by atoms with Crippen molar-refractivity contribution in [3.05, 3.63) is 42.4 Å². The van der Waals surface area contributed by atoms with E-state index in [0.29, 0.717) is 29.1 Å². The van der Waals surface area contributed by atoms with Gasteiger partial charge in [0.05, 0.1) is 37.3 Å². The van der Waals surface area contributed by atoms with Crippen molar-refractivity contribution in [3.63, 3.8) is 0 Å². The van der Waals surface area contributed by atoms with Crippen LogP contribution in [0.4, 0.5) is 17.2 Å². The van der Waals surface area contributed by atoms with Gasteiger partial charge < -0.3 is 36.0 Å². The number of carbonyl (C=O) groups is 3. The molecular weight excluding hydrogens is 538 g/mol. The van der Waals surface area contributed by atoms with Crippen molar-refractivity contribution in [3.8, 4) is 22.9 Å². The summed E-state index contributed by atoms with van der Waals surface area (Å²) in [7, 11) is 1.44. The average Bonchev–Trinajstić information content (AvgIpc) is 3.66. The molecule has 7 N–H and O–H groups in total. The van der Waals surface area contributed by atoms with Crippen molar-refractivity contribution in [1.82, 2.24) is 30.6 Å². The lowest BCUT2D eigenvalue weighted by Crippen LogP contribution is -2.48. The summed E-state index contributed by atoms with van der Waals surface area (Å²) < 4.78 is 7.26. The minimum atomic E-state index is -3.51. The van der Waals surface area contributed by atoms with Crippen LogP contribution in [0.3, 0.4) is 0 Å². The molecule has 1 aliphatic carbocycles. The van der Waals surface area contributed by atoms with Crippen LogP contribution in [0.15, 0.2) is 36.7 Å². The van der Waals surface area contributed by atoms with Gasteiger partial charge in [0.15, 0.2) is 11.5 Å². The number of methoxy groups -OCH3 is 1. The Kier molecular flexibility index (Phi) is 8.72. The van der Waals surface area contributed by atoms with Gasteiger partial charge in [0.1, 0.15) is 12.2 Å². The fourth-order valence-corrected chi connectivity index (χ4v) is 3.80. The maximum Gasteiger partial charge on any atom is 0.369 e. The zero-order valence-electron chi connectivity index (χ0n) is 21.8. The lowest BCUT2D eigenvalue weighted by Gasteiger charge is -2.18. The van der Waals surface area contributed by atoms with E-state index in [1.807, 2.05) is 0 Å². The first-order valence-electron chi connectivity index (χ1n) is 12.4. The van der Waals surface area contributed by atoms with Gasteiger partial charge in [0.2, 0.25) is 11.8 Å². The molecule has 3 aromatic rings. The molecule has 0 spiro atoms. The quantitative estimate of drug-likeness (QED) is 0.141. The van der Waals surface area contributed by atoms with Gasteiger partial charge in [-0.1, -0.05) is 12.1 Å². The molecule has 3 amide bonds. The Morgan fingerprint density at radius 3 is 2.66 bits per heavy atom. The van der Waals surface area contributed by atoms with E-state index < -0.39 is 17.7 Å². The third-order valence-electron chi connectivity index (χ3n) is 5.83. The Bertz CT molecular complexity index is 1490. The van der Waals surface area contributed by atoms with Crippen LogP contribution in [-0.2, 0) is 16.1 Å². The van der Waals surface area contributed by atoms with Crippen molar-refractivity contribution in [1.29, 1.82) is 5.26 Å². The highest BCUT2D eigenvalue weighted by molar-refractivity contribution is 6.00. The van der Waals surface area contributed by atoms with E-state index in [4.69, 9.17) is 10.00 Å². The van der Waals surface area contributed by atoms with Gasteiger partial charge in [-0.2, -0.15) is 10.4 Å². The largest absolute Gasteiger partial charge is 0.494 e. The van der Waals surface area contributed by atoms with Crippen molar-refractivity contribution >= 4 is 34.9 Å². The van der Waals surface area contributed by atoms with Crippen LogP contribution in [-0.4, -0.2) is 72.8 Å². The zero-order valence-corrected chi connectivity index (χ0v) is 21.8. The van der Waals surface area contributed by atoms with Gasteiger partial charge in [-0.15, -0.1) is 10.2 Å². The van der Waals surface area contributed by atoms with Crippen LogP contribution < -0.4 is 26.0 Å². The van der Waals surface area contributed by atoms with Gasteiger partial charge in [-0.25, -0.2) is 0 Å². The number of nitrogens with zero attached hydrogens (tertiary/aromatic N) is 5. The van der Waals surface area contributed by atoms with Crippen LogP contribution in [0.25, 0.3) is 11.1 Å². The van der Waals surface area contributed by atoms with Crippen LogP contribution >= 0.6 is 0 Å². The molecule has 41 heavy (non-hydrogen) atoms. The molecule has 0 atom stereocenters. The molecule has 214 valence electrons. The van der Waals surface area contributed by atoms with Crippen LogP contribution in [0.1, 0.15) is 29.8 Å². The molecule has 16 heteroatoms. The SMILES string of the molecule is COc1c(Nc2cc(NC(=O)C3CC3)nnc2C(=O)NC(O)(O)O)cccc1-c1cnn(CCNC(=O)CC#N)c1. The molecule has 1 aliphatic rings. The third-order valence-corrected chi connectivity index (χ3v) is 5.83. The van der Waals surface area contributed by atoms with Gasteiger partial charge in [-0.05, 0) is 18.9 Å². The van der Waals surface area contributed by atoms with Crippen molar-refractivity contribution in [2.45, 2.75) is 31.9 Å². The second-order valence-electron chi connectivity index (χ2n) is 9.03. The topological polar surface area (TPSA) is 237 Å². The molecule has 1 aromatic carbocycles. The molecule has 16 nitrogen and oxygen atoms in total. The van der Waals surface area contributed by atoms with Gasteiger partial charge >= 0.3 is 6.10 Å². The number of nitriles is 1. The highest BCUT2D eigenvalue weighted by Crippen LogP contribution is 2.38. The zero-order chi connectivity index (χ0) is 29.6. The minimum Gasteiger partial charge on any atom is -0.494 e. The molecule has 0 bridgehead atoms. The molecule has 1 fully saturated rings. The Morgan fingerprint density at radius 2 is 1.98 bits per heavy atom. The number of nitrogens with one attached hydrogen (secondary N) is 4. The predicted octanol–water partition coefficient (Wildman–Crippen LogP) is -0.211. The van der Waals surface area contributed by atoms with Crippen molar-refractivity contribution in [2.75, 3.05) is 24.3 Å². The molecule has 0 aliphatic heterocycles. The smallest absolute Gasteiger partial charge is 0.369 e. The van der Waals surface area contributed by atoms with E-state index in [0.717, 1.165) is 12.8 Å². The van der Waals surface area contributed by atoms with Crippen molar-refractivity contribution < 1.29 is 34.4 Å². The number of aliphatic hydroxyl groups is 3. The second-order valence-corrected chi connectivity index (χ2v) is 9.03. The van der Waals surface area contributed by atoms with Gasteiger partial charge in [-0.3, -0.25) is 24.4 Å². The van der Waals surface area contributed by atoms with E-state index in [2.05, 4.69) is 31.2 Å². The molecule has 0 unspecified atom stereocenters. The number of hydrogen-bond acceptors (Lipinski definition) is 12. The number of anilines is 3. The molecule has 2 aromatic heterocycles. The second kappa shape index (κ2) is 12.4. The van der Waals surface area contributed by atoms with Crippen LogP contribution in [0, 0.1) is 17.2 Å². The van der Waals surface area contributed by atoms with E-state index >= 15 is 0 Å². The fourth-order valence-electron chi connectivity index (χ4n) is 3.80. The summed E-state index contributed by atoms with van der Waals surface area (Å²) in [5.41, 5.74) is 1.24. The first-order chi connectivity index (χ1) is 19.6. The highest BCUT2D eigenvalue weighted by Gasteiger charge is 2.31. The Morgan fingerprint density at radius 1 is 1.20 bits per heavy atom. The highest BCUT2D eigenvalue weighted by atomic mass is 16.7. The predicted molar refractivity (Wildman–Crippen MR) is 141 cm³/mol. The lowest BCUT2D eigenvalue weighted by atomic mass is 10.1. The Labute approximate surface area is 233 Å². The minimum absolute atomic E-state index is 0.00658. The molecule has 0 radical (unpaired) electrons. The normalized spacial score (nSPS) is 12.7. The van der Waals surface area contributed by atoms with Crippen LogP contribution in [0.2, 0.25) is 0 Å². The van der Waals surface area contributed by atoms with Crippen molar-refractivity contribution in [2.24, 2.45) is 5.92 Å². The first-order valence-corrected chi connectivity index (χ1v) is 12.4. The number of carbonyl (C=O) groups excluding carboxylic acids is 3. The number of amides is 3.